The number of anilines is 1. The number of nitrogens with one attached hydrogen (secondary N) is 1. The third-order valence-corrected chi connectivity index (χ3v) is 4.29. The molecule has 20 heavy (non-hydrogen) atoms. The van der Waals surface area contributed by atoms with Crippen LogP contribution in [0, 0.1) is 0 Å². The van der Waals surface area contributed by atoms with E-state index in [0.717, 1.165) is 38.5 Å². The summed E-state index contributed by atoms with van der Waals surface area (Å²) in [5.74, 6) is 0.974. The van der Waals surface area contributed by atoms with Crippen molar-refractivity contribution in [2.24, 2.45) is 0 Å². The lowest BCUT2D eigenvalue weighted by Gasteiger charge is -2.37. The Bertz CT molecular complexity index is 428. The molecule has 1 unspecified atom stereocenters. The molecule has 2 rings (SSSR count). The van der Waals surface area contributed by atoms with Gasteiger partial charge in [0.25, 0.3) is 0 Å². The van der Waals surface area contributed by atoms with Crippen LogP contribution in [0.15, 0.2) is 18.2 Å². The van der Waals surface area contributed by atoms with Crippen LogP contribution in [-0.2, 0) is 0 Å². The monoisotopic (exact) mass is 277 g/mol. The van der Waals surface area contributed by atoms with Crippen LogP contribution in [0.3, 0.4) is 0 Å². The Hall–Kier alpha value is -1.26. The van der Waals surface area contributed by atoms with Crippen LogP contribution in [0.25, 0.3) is 0 Å². The molecule has 0 spiro atoms. The van der Waals surface area contributed by atoms with Crippen molar-refractivity contribution >= 4 is 5.69 Å². The first-order chi connectivity index (χ1) is 9.71. The maximum absolute atomic E-state index is 5.56. The summed E-state index contributed by atoms with van der Waals surface area (Å²) in [6.45, 7) is 10.0. The lowest BCUT2D eigenvalue weighted by atomic mass is 10.0. The number of nitrogens with zero attached hydrogens (tertiary/aromatic N) is 2. The molecule has 1 aromatic rings. The number of likely N-dealkylation sites (N-methyl/N-ethyl adjacent to an activating group) is 1. The van der Waals surface area contributed by atoms with E-state index in [1.807, 2.05) is 7.05 Å². The highest BCUT2D eigenvalue weighted by molar-refractivity contribution is 5.61. The first-order valence-electron chi connectivity index (χ1n) is 7.52. The second-order valence-corrected chi connectivity index (χ2v) is 5.32. The molecule has 1 aromatic carbocycles. The lowest BCUT2D eigenvalue weighted by molar-refractivity contribution is 0.270. The SMILES string of the molecule is CCN1CCN(c2cccc(OC)c2C(C)NC)CC1. The van der Waals surface area contributed by atoms with Gasteiger partial charge in [-0.3, -0.25) is 0 Å². The first-order valence-corrected chi connectivity index (χ1v) is 7.52. The summed E-state index contributed by atoms with van der Waals surface area (Å²) in [6.07, 6.45) is 0. The molecule has 0 amide bonds. The Labute approximate surface area is 122 Å². The first kappa shape index (κ1) is 15.1. The summed E-state index contributed by atoms with van der Waals surface area (Å²) in [5.41, 5.74) is 2.57. The van der Waals surface area contributed by atoms with Crippen LogP contribution in [0.1, 0.15) is 25.5 Å². The van der Waals surface area contributed by atoms with E-state index in [9.17, 15) is 0 Å². The van der Waals surface area contributed by atoms with E-state index >= 15 is 0 Å². The van der Waals surface area contributed by atoms with Gasteiger partial charge >= 0.3 is 0 Å². The fourth-order valence-electron chi connectivity index (χ4n) is 2.87. The van der Waals surface area contributed by atoms with Crippen LogP contribution in [0.2, 0.25) is 0 Å². The molecule has 1 aliphatic heterocycles. The number of hydrogen-bond donors (Lipinski definition) is 1. The second kappa shape index (κ2) is 6.95. The summed E-state index contributed by atoms with van der Waals surface area (Å²) >= 11 is 0. The molecule has 1 saturated heterocycles. The zero-order chi connectivity index (χ0) is 14.5. The normalized spacial score (nSPS) is 18.1. The van der Waals surface area contributed by atoms with Gasteiger partial charge in [0, 0.05) is 43.5 Å². The summed E-state index contributed by atoms with van der Waals surface area (Å²) in [5, 5.41) is 3.34. The van der Waals surface area contributed by atoms with E-state index < -0.39 is 0 Å². The minimum absolute atomic E-state index is 0.283. The van der Waals surface area contributed by atoms with Gasteiger partial charge in [0.15, 0.2) is 0 Å². The maximum Gasteiger partial charge on any atom is 0.125 e. The van der Waals surface area contributed by atoms with E-state index in [1.165, 1.54) is 11.3 Å². The van der Waals surface area contributed by atoms with Gasteiger partial charge in [-0.15, -0.1) is 0 Å². The van der Waals surface area contributed by atoms with Crippen molar-refractivity contribution in [2.45, 2.75) is 19.9 Å². The van der Waals surface area contributed by atoms with Gasteiger partial charge in [0.1, 0.15) is 5.75 Å². The third-order valence-electron chi connectivity index (χ3n) is 4.29. The summed E-state index contributed by atoms with van der Waals surface area (Å²) in [7, 11) is 3.75. The molecule has 0 saturated carbocycles. The van der Waals surface area contributed by atoms with Gasteiger partial charge in [0.05, 0.1) is 7.11 Å². The molecule has 0 aromatic heterocycles. The molecule has 0 radical (unpaired) electrons. The van der Waals surface area contributed by atoms with Gasteiger partial charge < -0.3 is 19.9 Å². The minimum atomic E-state index is 0.283. The van der Waals surface area contributed by atoms with Crippen LogP contribution < -0.4 is 15.0 Å². The average molecular weight is 277 g/mol. The van der Waals surface area contributed by atoms with Crippen molar-refractivity contribution in [3.8, 4) is 5.75 Å². The predicted molar refractivity (Wildman–Crippen MR) is 84.8 cm³/mol. The fourth-order valence-corrected chi connectivity index (χ4v) is 2.87. The van der Waals surface area contributed by atoms with Crippen molar-refractivity contribution in [1.29, 1.82) is 0 Å². The minimum Gasteiger partial charge on any atom is -0.496 e. The molecule has 1 fully saturated rings. The Balaban J connectivity index is 2.27. The molecule has 0 aliphatic carbocycles. The van der Waals surface area contributed by atoms with Crippen molar-refractivity contribution < 1.29 is 4.74 Å². The fraction of sp³-hybridized carbons (Fsp3) is 0.625. The number of hydrogen-bond acceptors (Lipinski definition) is 4. The molecule has 4 heteroatoms. The molecule has 0 bridgehead atoms. The van der Waals surface area contributed by atoms with Crippen LogP contribution in [-0.4, -0.2) is 51.8 Å². The number of methoxy groups -OCH3 is 1. The molecular weight excluding hydrogens is 250 g/mol. The van der Waals surface area contributed by atoms with Gasteiger partial charge in [-0.25, -0.2) is 0 Å². The number of piperazine rings is 1. The quantitative estimate of drug-likeness (QED) is 0.892. The smallest absolute Gasteiger partial charge is 0.125 e. The van der Waals surface area contributed by atoms with Gasteiger partial charge in [-0.05, 0) is 32.6 Å². The van der Waals surface area contributed by atoms with Crippen LogP contribution in [0.4, 0.5) is 5.69 Å². The van der Waals surface area contributed by atoms with Crippen LogP contribution >= 0.6 is 0 Å². The third kappa shape index (κ3) is 3.07. The average Bonchev–Trinajstić information content (AvgIpc) is 2.53. The summed E-state index contributed by atoms with van der Waals surface area (Å²) < 4.78 is 5.56. The Morgan fingerprint density at radius 2 is 1.95 bits per heavy atom. The Morgan fingerprint density at radius 1 is 1.25 bits per heavy atom. The molecular formula is C16H27N3O. The largest absolute Gasteiger partial charge is 0.496 e. The van der Waals surface area contributed by atoms with E-state index in [-0.39, 0.29) is 6.04 Å². The van der Waals surface area contributed by atoms with Gasteiger partial charge in [-0.1, -0.05) is 13.0 Å². The highest BCUT2D eigenvalue weighted by Crippen LogP contribution is 2.34. The van der Waals surface area contributed by atoms with Crippen molar-refractivity contribution in [2.75, 3.05) is 51.8 Å². The topological polar surface area (TPSA) is 27.7 Å². The van der Waals surface area contributed by atoms with E-state index in [4.69, 9.17) is 4.74 Å². The molecule has 4 nitrogen and oxygen atoms in total. The van der Waals surface area contributed by atoms with Gasteiger partial charge in [-0.2, -0.15) is 0 Å². The summed E-state index contributed by atoms with van der Waals surface area (Å²) in [6, 6.07) is 6.64. The maximum atomic E-state index is 5.56. The Kier molecular flexibility index (Phi) is 5.26. The van der Waals surface area contributed by atoms with Crippen molar-refractivity contribution in [1.82, 2.24) is 10.2 Å². The number of rotatable bonds is 5. The highest BCUT2D eigenvalue weighted by Gasteiger charge is 2.22. The van der Waals surface area contributed by atoms with E-state index in [1.54, 1.807) is 7.11 Å². The highest BCUT2D eigenvalue weighted by atomic mass is 16.5. The predicted octanol–water partition coefficient (Wildman–Crippen LogP) is 2.12. The second-order valence-electron chi connectivity index (χ2n) is 5.32. The number of ether oxygens (including phenoxy) is 1. The van der Waals surface area contributed by atoms with Crippen molar-refractivity contribution in [3.05, 3.63) is 23.8 Å². The molecule has 112 valence electrons. The van der Waals surface area contributed by atoms with E-state index in [0.29, 0.717) is 0 Å². The van der Waals surface area contributed by atoms with Crippen molar-refractivity contribution in [3.63, 3.8) is 0 Å². The standard InChI is InChI=1S/C16H27N3O/c1-5-18-9-11-19(12-10-18)14-7-6-8-15(20-4)16(14)13(2)17-3/h6-8,13,17H,5,9-12H2,1-4H3. The Morgan fingerprint density at radius 3 is 2.50 bits per heavy atom. The molecule has 1 aliphatic rings. The molecule has 1 N–H and O–H groups in total. The molecule has 1 heterocycles. The zero-order valence-electron chi connectivity index (χ0n) is 13.1. The zero-order valence-corrected chi connectivity index (χ0v) is 13.1. The van der Waals surface area contributed by atoms with Crippen LogP contribution in [0.5, 0.6) is 5.75 Å². The van der Waals surface area contributed by atoms with E-state index in [2.05, 4.69) is 47.2 Å². The lowest BCUT2D eigenvalue weighted by Crippen LogP contribution is -2.46. The van der Waals surface area contributed by atoms with Gasteiger partial charge in [0.2, 0.25) is 0 Å². The number of benzene rings is 1. The molecule has 1 atom stereocenters. The summed E-state index contributed by atoms with van der Waals surface area (Å²) in [4.78, 5) is 4.98.